The molecule has 1 amide bonds. The minimum atomic E-state index is -0.262. The van der Waals surface area contributed by atoms with Gasteiger partial charge < -0.3 is 15.0 Å². The molecule has 0 saturated carbocycles. The summed E-state index contributed by atoms with van der Waals surface area (Å²) in [5.74, 6) is 0.341. The molecule has 128 valence electrons. The van der Waals surface area contributed by atoms with Gasteiger partial charge in [-0.2, -0.15) is 0 Å². The number of nitrogens with one attached hydrogen (secondary N) is 2. The Hall–Kier alpha value is -1.66. The van der Waals surface area contributed by atoms with E-state index in [9.17, 15) is 9.59 Å². The summed E-state index contributed by atoms with van der Waals surface area (Å²) >= 11 is 0. The number of rotatable bonds is 7. The van der Waals surface area contributed by atoms with E-state index in [0.29, 0.717) is 24.1 Å². The number of H-pyrrole nitrogens is 1. The highest BCUT2D eigenvalue weighted by Gasteiger charge is 2.27. The number of nitrogens with zero attached hydrogens (tertiary/aromatic N) is 1. The molecule has 0 aromatic carbocycles. The Morgan fingerprint density at radius 1 is 1.35 bits per heavy atom. The van der Waals surface area contributed by atoms with Gasteiger partial charge in [-0.15, -0.1) is 0 Å². The Labute approximate surface area is 137 Å². The lowest BCUT2D eigenvalue weighted by molar-refractivity contribution is 0.00191. The molecule has 1 aromatic heterocycles. The highest BCUT2D eigenvalue weighted by molar-refractivity contribution is 5.93. The second-order valence-corrected chi connectivity index (χ2v) is 5.94. The number of pyridine rings is 1. The molecule has 6 nitrogen and oxygen atoms in total. The second kappa shape index (κ2) is 8.84. The second-order valence-electron chi connectivity index (χ2n) is 5.94. The number of hydrogen-bond acceptors (Lipinski definition) is 4. The molecule has 1 aliphatic rings. The van der Waals surface area contributed by atoms with E-state index < -0.39 is 0 Å². The smallest absolute Gasteiger partial charge is 0.251 e. The van der Waals surface area contributed by atoms with Crippen LogP contribution in [-0.4, -0.2) is 54.7 Å². The van der Waals surface area contributed by atoms with Gasteiger partial charge in [0.05, 0.1) is 13.2 Å². The molecule has 1 atom stereocenters. The molecule has 0 aliphatic carbocycles. The van der Waals surface area contributed by atoms with Crippen molar-refractivity contribution in [3.05, 3.63) is 34.2 Å². The first-order valence-corrected chi connectivity index (χ1v) is 8.44. The normalized spacial score (nSPS) is 17.2. The summed E-state index contributed by atoms with van der Waals surface area (Å²) in [6, 6.07) is 3.26. The van der Waals surface area contributed by atoms with E-state index in [1.807, 2.05) is 0 Å². The average molecular weight is 321 g/mol. The molecular formula is C17H27N3O3. The summed E-state index contributed by atoms with van der Waals surface area (Å²) in [6.07, 6.45) is 3.66. The summed E-state index contributed by atoms with van der Waals surface area (Å²) in [7, 11) is 0. The van der Waals surface area contributed by atoms with Crippen molar-refractivity contribution in [3.8, 4) is 0 Å². The van der Waals surface area contributed by atoms with E-state index in [1.165, 1.54) is 12.3 Å². The third-order valence-electron chi connectivity index (χ3n) is 4.62. The predicted molar refractivity (Wildman–Crippen MR) is 89.6 cm³/mol. The Bertz CT molecular complexity index is 548. The topological polar surface area (TPSA) is 74.4 Å². The van der Waals surface area contributed by atoms with Crippen molar-refractivity contribution in [2.75, 3.05) is 32.8 Å². The van der Waals surface area contributed by atoms with Crippen LogP contribution in [0.3, 0.4) is 0 Å². The lowest BCUT2D eigenvalue weighted by Gasteiger charge is -2.38. The van der Waals surface area contributed by atoms with Gasteiger partial charge in [-0.05, 0) is 12.0 Å². The van der Waals surface area contributed by atoms with E-state index in [2.05, 4.69) is 29.0 Å². The molecule has 0 unspecified atom stereocenters. The maximum atomic E-state index is 12.3. The number of carbonyl (C=O) groups excluding carboxylic acids is 1. The summed E-state index contributed by atoms with van der Waals surface area (Å²) in [5.41, 5.74) is 0.140. The Kier molecular flexibility index (Phi) is 6.80. The number of ether oxygens (including phenoxy) is 1. The molecule has 2 N–H and O–H groups in total. The van der Waals surface area contributed by atoms with E-state index in [-0.39, 0.29) is 11.5 Å². The van der Waals surface area contributed by atoms with Crippen LogP contribution in [0.2, 0.25) is 0 Å². The number of hydrogen-bond donors (Lipinski definition) is 2. The fourth-order valence-corrected chi connectivity index (χ4v) is 3.22. The maximum absolute atomic E-state index is 12.3. The first-order valence-electron chi connectivity index (χ1n) is 8.44. The number of amides is 1. The van der Waals surface area contributed by atoms with Crippen LogP contribution in [0.4, 0.5) is 0 Å². The predicted octanol–water partition coefficient (Wildman–Crippen LogP) is 1.24. The van der Waals surface area contributed by atoms with Crippen LogP contribution in [0, 0.1) is 5.92 Å². The van der Waals surface area contributed by atoms with Crippen molar-refractivity contribution in [3.63, 3.8) is 0 Å². The molecule has 1 fully saturated rings. The van der Waals surface area contributed by atoms with Gasteiger partial charge in [-0.25, -0.2) is 0 Å². The van der Waals surface area contributed by atoms with Crippen LogP contribution in [0.1, 0.15) is 37.0 Å². The molecule has 6 heteroatoms. The van der Waals surface area contributed by atoms with Gasteiger partial charge in [0.1, 0.15) is 0 Å². The van der Waals surface area contributed by atoms with Gasteiger partial charge >= 0.3 is 0 Å². The highest BCUT2D eigenvalue weighted by atomic mass is 16.5. The van der Waals surface area contributed by atoms with Crippen LogP contribution in [0.15, 0.2) is 23.1 Å². The maximum Gasteiger partial charge on any atom is 0.251 e. The third-order valence-corrected chi connectivity index (χ3v) is 4.62. The summed E-state index contributed by atoms with van der Waals surface area (Å²) < 4.78 is 5.44. The first kappa shape index (κ1) is 17.7. The fraction of sp³-hybridized carbons (Fsp3) is 0.647. The molecule has 23 heavy (non-hydrogen) atoms. The third kappa shape index (κ3) is 4.91. The van der Waals surface area contributed by atoms with Gasteiger partial charge in [0.2, 0.25) is 5.56 Å². The largest absolute Gasteiger partial charge is 0.379 e. The Morgan fingerprint density at radius 3 is 2.65 bits per heavy atom. The van der Waals surface area contributed by atoms with Crippen molar-refractivity contribution >= 4 is 5.91 Å². The standard InChI is InChI=1S/C17H27N3O3/c1-3-13(4-2)15(20-7-9-23-10-8-20)12-19-17(22)14-5-6-18-16(21)11-14/h5-6,11,13,15H,3-4,7-10,12H2,1-2H3,(H,18,21)(H,19,22)/t15-/m1/s1. The van der Waals surface area contributed by atoms with Gasteiger partial charge in [-0.3, -0.25) is 14.5 Å². The first-order chi connectivity index (χ1) is 11.2. The SMILES string of the molecule is CCC(CC)[C@@H](CNC(=O)c1cc[nH]c(=O)c1)N1CCOCC1. The molecule has 1 saturated heterocycles. The van der Waals surface area contributed by atoms with E-state index in [1.54, 1.807) is 6.07 Å². The lowest BCUT2D eigenvalue weighted by atomic mass is 9.92. The number of carbonyl (C=O) groups is 1. The van der Waals surface area contributed by atoms with Crippen molar-refractivity contribution in [1.82, 2.24) is 15.2 Å². The van der Waals surface area contributed by atoms with Crippen molar-refractivity contribution < 1.29 is 9.53 Å². The van der Waals surface area contributed by atoms with Gasteiger partial charge in [0.25, 0.3) is 5.91 Å². The minimum absolute atomic E-state index is 0.194. The van der Waals surface area contributed by atoms with Gasteiger partial charge in [-0.1, -0.05) is 26.7 Å². The zero-order chi connectivity index (χ0) is 16.7. The summed E-state index contributed by atoms with van der Waals surface area (Å²) in [5, 5.41) is 3.00. The molecule has 2 heterocycles. The number of aromatic amines is 1. The average Bonchev–Trinajstić information content (AvgIpc) is 2.59. The molecule has 1 aromatic rings. The van der Waals surface area contributed by atoms with Gasteiger partial charge in [0.15, 0.2) is 0 Å². The Balaban J connectivity index is 2.02. The summed E-state index contributed by atoms with van der Waals surface area (Å²) in [4.78, 5) is 28.5. The zero-order valence-corrected chi connectivity index (χ0v) is 14.0. The minimum Gasteiger partial charge on any atom is -0.379 e. The molecule has 0 radical (unpaired) electrons. The van der Waals surface area contributed by atoms with Crippen LogP contribution in [0.5, 0.6) is 0 Å². The fourth-order valence-electron chi connectivity index (χ4n) is 3.22. The van der Waals surface area contributed by atoms with Crippen molar-refractivity contribution in [2.24, 2.45) is 5.92 Å². The number of morpholine rings is 1. The summed E-state index contributed by atoms with van der Waals surface area (Å²) in [6.45, 7) is 8.29. The van der Waals surface area contributed by atoms with Crippen LogP contribution in [0.25, 0.3) is 0 Å². The molecular weight excluding hydrogens is 294 g/mol. The highest BCUT2D eigenvalue weighted by Crippen LogP contribution is 2.19. The van der Waals surface area contributed by atoms with Crippen LogP contribution >= 0.6 is 0 Å². The molecule has 2 rings (SSSR count). The monoisotopic (exact) mass is 321 g/mol. The van der Waals surface area contributed by atoms with Gasteiger partial charge in [0, 0.05) is 43.5 Å². The van der Waals surface area contributed by atoms with Crippen LogP contribution < -0.4 is 10.9 Å². The van der Waals surface area contributed by atoms with E-state index in [4.69, 9.17) is 4.74 Å². The van der Waals surface area contributed by atoms with Crippen molar-refractivity contribution in [1.29, 1.82) is 0 Å². The van der Waals surface area contributed by atoms with E-state index in [0.717, 1.165) is 39.1 Å². The molecule has 0 bridgehead atoms. The molecule has 1 aliphatic heterocycles. The quantitative estimate of drug-likeness (QED) is 0.792. The number of aromatic nitrogens is 1. The van der Waals surface area contributed by atoms with E-state index >= 15 is 0 Å². The zero-order valence-electron chi connectivity index (χ0n) is 14.0. The Morgan fingerprint density at radius 2 is 2.04 bits per heavy atom. The molecule has 0 spiro atoms. The van der Waals surface area contributed by atoms with Crippen LogP contribution in [-0.2, 0) is 4.74 Å². The lowest BCUT2D eigenvalue weighted by Crippen LogP contribution is -2.52. The van der Waals surface area contributed by atoms with Crippen molar-refractivity contribution in [2.45, 2.75) is 32.7 Å².